The average Bonchev–Trinajstić information content (AvgIpc) is 2.81. The van der Waals surface area contributed by atoms with Gasteiger partial charge >= 0.3 is 5.97 Å². The van der Waals surface area contributed by atoms with E-state index in [1.54, 1.807) is 19.2 Å². The van der Waals surface area contributed by atoms with Crippen LogP contribution in [0.1, 0.15) is 29.3 Å². The predicted octanol–water partition coefficient (Wildman–Crippen LogP) is 1.77. The first kappa shape index (κ1) is 14.5. The number of hydrogen-bond donors (Lipinski definition) is 1. The molecule has 1 saturated heterocycles. The summed E-state index contributed by atoms with van der Waals surface area (Å²) in [5.74, 6) is -1.16. The number of amides is 1. The average molecular weight is 277 g/mol. The van der Waals surface area contributed by atoms with Crippen molar-refractivity contribution >= 4 is 11.9 Å². The van der Waals surface area contributed by atoms with Crippen molar-refractivity contribution in [3.8, 4) is 0 Å². The molecule has 0 aromatic heterocycles. The van der Waals surface area contributed by atoms with Crippen LogP contribution in [0.3, 0.4) is 0 Å². The van der Waals surface area contributed by atoms with Crippen molar-refractivity contribution in [3.05, 3.63) is 35.4 Å². The minimum absolute atomic E-state index is 0.00999. The quantitative estimate of drug-likeness (QED) is 0.910. The fraction of sp³-hybridized carbons (Fsp3) is 0.467. The maximum atomic E-state index is 12.4. The first-order valence-electron chi connectivity index (χ1n) is 6.66. The van der Waals surface area contributed by atoms with Gasteiger partial charge in [-0.05, 0) is 30.0 Å². The highest BCUT2D eigenvalue weighted by atomic mass is 16.5. The van der Waals surface area contributed by atoms with Gasteiger partial charge < -0.3 is 14.7 Å². The summed E-state index contributed by atoms with van der Waals surface area (Å²) in [7, 11) is 1.61. The smallest absolute Gasteiger partial charge is 0.326 e. The number of carboxylic acids is 1. The topological polar surface area (TPSA) is 66.8 Å². The normalized spacial score (nSPS) is 22.0. The molecule has 108 valence electrons. The minimum Gasteiger partial charge on any atom is -0.480 e. The molecule has 20 heavy (non-hydrogen) atoms. The molecular weight excluding hydrogens is 258 g/mol. The molecule has 1 aromatic rings. The Hall–Kier alpha value is -1.88. The zero-order chi connectivity index (χ0) is 14.7. The maximum absolute atomic E-state index is 12.4. The highest BCUT2D eigenvalue weighted by Crippen LogP contribution is 2.26. The lowest BCUT2D eigenvalue weighted by Crippen LogP contribution is -2.42. The Morgan fingerprint density at radius 3 is 2.55 bits per heavy atom. The van der Waals surface area contributed by atoms with Gasteiger partial charge in [0, 0.05) is 19.2 Å². The number of carbonyl (C=O) groups excluding carboxylic acids is 1. The fourth-order valence-corrected chi connectivity index (χ4v) is 2.63. The highest BCUT2D eigenvalue weighted by Gasteiger charge is 2.39. The molecule has 1 fully saturated rings. The maximum Gasteiger partial charge on any atom is 0.326 e. The standard InChI is InChI=1S/C15H19NO4/c1-10-7-8-16(13(10)15(18)19)14(17)12-5-3-11(4-6-12)9-20-2/h3-6,10,13H,7-9H2,1-2H3,(H,18,19). The number of likely N-dealkylation sites (tertiary alicyclic amines) is 1. The summed E-state index contributed by atoms with van der Waals surface area (Å²) in [4.78, 5) is 25.2. The lowest BCUT2D eigenvalue weighted by atomic mass is 10.0. The molecule has 1 aliphatic heterocycles. The molecule has 2 rings (SSSR count). The molecule has 1 aliphatic rings. The van der Waals surface area contributed by atoms with Crippen LogP contribution < -0.4 is 0 Å². The van der Waals surface area contributed by atoms with Crippen LogP contribution in [0.25, 0.3) is 0 Å². The number of nitrogens with zero attached hydrogens (tertiary/aromatic N) is 1. The molecule has 0 aliphatic carbocycles. The van der Waals surface area contributed by atoms with Crippen LogP contribution in [0, 0.1) is 5.92 Å². The summed E-state index contributed by atoms with van der Waals surface area (Å²) in [6, 6.07) is 6.37. The van der Waals surface area contributed by atoms with Crippen LogP contribution in [0.4, 0.5) is 0 Å². The van der Waals surface area contributed by atoms with E-state index in [2.05, 4.69) is 0 Å². The van der Waals surface area contributed by atoms with Crippen LogP contribution in [-0.2, 0) is 16.1 Å². The van der Waals surface area contributed by atoms with Crippen molar-refractivity contribution in [1.29, 1.82) is 0 Å². The van der Waals surface area contributed by atoms with Gasteiger partial charge in [0.15, 0.2) is 0 Å². The van der Waals surface area contributed by atoms with Gasteiger partial charge in [0.25, 0.3) is 5.91 Å². The summed E-state index contributed by atoms with van der Waals surface area (Å²) < 4.78 is 5.02. The monoisotopic (exact) mass is 277 g/mol. The third kappa shape index (κ3) is 2.82. The number of methoxy groups -OCH3 is 1. The van der Waals surface area contributed by atoms with Crippen LogP contribution in [0.15, 0.2) is 24.3 Å². The lowest BCUT2D eigenvalue weighted by molar-refractivity contribution is -0.142. The van der Waals surface area contributed by atoms with Gasteiger partial charge in [-0.1, -0.05) is 19.1 Å². The van der Waals surface area contributed by atoms with Crippen LogP contribution >= 0.6 is 0 Å². The Morgan fingerprint density at radius 1 is 1.35 bits per heavy atom. The number of carboxylic acid groups (broad SMARTS) is 1. The van der Waals surface area contributed by atoms with Gasteiger partial charge in [0.05, 0.1) is 6.61 Å². The molecule has 1 amide bonds. The summed E-state index contributed by atoms with van der Waals surface area (Å²) in [5.41, 5.74) is 1.50. The molecule has 0 saturated carbocycles. The van der Waals surface area contributed by atoms with E-state index < -0.39 is 12.0 Å². The number of hydrogen-bond acceptors (Lipinski definition) is 3. The first-order valence-corrected chi connectivity index (χ1v) is 6.66. The second-order valence-corrected chi connectivity index (χ2v) is 5.18. The van der Waals surface area contributed by atoms with Gasteiger partial charge in [-0.2, -0.15) is 0 Å². The largest absolute Gasteiger partial charge is 0.480 e. The zero-order valence-corrected chi connectivity index (χ0v) is 11.7. The molecule has 1 aromatic carbocycles. The molecule has 0 spiro atoms. The summed E-state index contributed by atoms with van der Waals surface area (Å²) >= 11 is 0. The first-order chi connectivity index (χ1) is 9.54. The number of carbonyl (C=O) groups is 2. The molecule has 5 heteroatoms. The third-order valence-electron chi connectivity index (χ3n) is 3.73. The molecule has 1 N–H and O–H groups in total. The Bertz CT molecular complexity index is 497. The molecular formula is C15H19NO4. The van der Waals surface area contributed by atoms with Crippen molar-refractivity contribution < 1.29 is 19.4 Å². The Labute approximate surface area is 118 Å². The highest BCUT2D eigenvalue weighted by molar-refractivity contribution is 5.97. The van der Waals surface area contributed by atoms with E-state index in [9.17, 15) is 14.7 Å². The summed E-state index contributed by atoms with van der Waals surface area (Å²) in [6.07, 6.45) is 0.727. The van der Waals surface area contributed by atoms with Gasteiger partial charge in [0.2, 0.25) is 0 Å². The fourth-order valence-electron chi connectivity index (χ4n) is 2.63. The number of ether oxygens (including phenoxy) is 1. The van der Waals surface area contributed by atoms with Gasteiger partial charge in [0.1, 0.15) is 6.04 Å². The van der Waals surface area contributed by atoms with Crippen molar-refractivity contribution in [1.82, 2.24) is 4.90 Å². The minimum atomic E-state index is -0.931. The number of rotatable bonds is 4. The molecule has 1 heterocycles. The van der Waals surface area contributed by atoms with E-state index in [4.69, 9.17) is 4.74 Å². The Balaban J connectivity index is 2.16. The number of benzene rings is 1. The van der Waals surface area contributed by atoms with E-state index in [1.807, 2.05) is 19.1 Å². The SMILES string of the molecule is COCc1ccc(C(=O)N2CCC(C)C2C(=O)O)cc1. The van der Waals surface area contributed by atoms with Crippen molar-refractivity contribution in [2.75, 3.05) is 13.7 Å². The van der Waals surface area contributed by atoms with Gasteiger partial charge in [-0.15, -0.1) is 0 Å². The molecule has 2 atom stereocenters. The van der Waals surface area contributed by atoms with Crippen LogP contribution in [0.2, 0.25) is 0 Å². The Kier molecular flexibility index (Phi) is 4.39. The number of aliphatic carboxylic acids is 1. The van der Waals surface area contributed by atoms with E-state index >= 15 is 0 Å². The molecule has 0 bridgehead atoms. The third-order valence-corrected chi connectivity index (χ3v) is 3.73. The van der Waals surface area contributed by atoms with Gasteiger partial charge in [-0.3, -0.25) is 4.79 Å². The van der Waals surface area contributed by atoms with E-state index in [-0.39, 0.29) is 11.8 Å². The Morgan fingerprint density at radius 2 is 2.00 bits per heavy atom. The molecule has 5 nitrogen and oxygen atoms in total. The second kappa shape index (κ2) is 6.05. The zero-order valence-electron chi connectivity index (χ0n) is 11.7. The predicted molar refractivity (Wildman–Crippen MR) is 73.4 cm³/mol. The van der Waals surface area contributed by atoms with E-state index in [1.165, 1.54) is 4.90 Å². The van der Waals surface area contributed by atoms with Crippen molar-refractivity contribution in [2.24, 2.45) is 5.92 Å². The van der Waals surface area contributed by atoms with Gasteiger partial charge in [-0.25, -0.2) is 4.79 Å². The van der Waals surface area contributed by atoms with Crippen molar-refractivity contribution in [2.45, 2.75) is 26.0 Å². The molecule has 2 unspecified atom stereocenters. The van der Waals surface area contributed by atoms with Crippen LogP contribution in [-0.4, -0.2) is 41.6 Å². The van der Waals surface area contributed by atoms with Crippen LogP contribution in [0.5, 0.6) is 0 Å². The van der Waals surface area contributed by atoms with Crippen molar-refractivity contribution in [3.63, 3.8) is 0 Å². The summed E-state index contributed by atoms with van der Waals surface area (Å²) in [5, 5.41) is 9.25. The second-order valence-electron chi connectivity index (χ2n) is 5.18. The summed E-state index contributed by atoms with van der Waals surface area (Å²) in [6.45, 7) is 2.86. The lowest BCUT2D eigenvalue weighted by Gasteiger charge is -2.23. The van der Waals surface area contributed by atoms with E-state index in [0.717, 1.165) is 12.0 Å². The van der Waals surface area contributed by atoms with E-state index in [0.29, 0.717) is 18.7 Å². The molecule has 0 radical (unpaired) electrons.